The molecule has 2 aromatic heterocycles. The summed E-state index contributed by atoms with van der Waals surface area (Å²) in [6.07, 6.45) is 0. The molecule has 0 saturated carbocycles. The van der Waals surface area contributed by atoms with Gasteiger partial charge in [0.15, 0.2) is 0 Å². The number of para-hydroxylation sites is 2. The lowest BCUT2D eigenvalue weighted by molar-refractivity contribution is 1.37. The van der Waals surface area contributed by atoms with Crippen LogP contribution in [0.5, 0.6) is 0 Å². The molecule has 0 saturated heterocycles. The molecular formula is C32H29BN2S2. The number of rotatable bonds is 5. The minimum Gasteiger partial charge on any atom is -0.359 e. The van der Waals surface area contributed by atoms with Crippen LogP contribution in [-0.2, 0) is 0 Å². The monoisotopic (exact) mass is 516 g/mol. The van der Waals surface area contributed by atoms with Crippen molar-refractivity contribution in [1.29, 1.82) is 0 Å². The maximum absolute atomic E-state index is 2.55. The van der Waals surface area contributed by atoms with E-state index in [2.05, 4.69) is 140 Å². The second kappa shape index (κ2) is 9.73. The third-order valence-electron chi connectivity index (χ3n) is 6.95. The molecule has 0 spiro atoms. The van der Waals surface area contributed by atoms with Crippen LogP contribution in [0.3, 0.4) is 0 Å². The van der Waals surface area contributed by atoms with Gasteiger partial charge in [0.2, 0.25) is 0 Å². The van der Waals surface area contributed by atoms with Gasteiger partial charge in [-0.05, 0) is 69.6 Å². The highest BCUT2D eigenvalue weighted by Gasteiger charge is 2.47. The number of nitrogens with zero attached hydrogens (tertiary/aromatic N) is 2. The average Bonchev–Trinajstić information content (AvgIpc) is 3.56. The third kappa shape index (κ3) is 4.22. The van der Waals surface area contributed by atoms with Gasteiger partial charge in [-0.2, -0.15) is 0 Å². The molecule has 1 aliphatic heterocycles. The van der Waals surface area contributed by atoms with Crippen molar-refractivity contribution in [2.45, 2.75) is 27.7 Å². The largest absolute Gasteiger partial charge is 0.420 e. The summed E-state index contributed by atoms with van der Waals surface area (Å²) in [6, 6.07) is 37.4. The maximum atomic E-state index is 2.55. The minimum absolute atomic E-state index is 0.0322. The lowest BCUT2D eigenvalue weighted by atomic mass is 9.64. The van der Waals surface area contributed by atoms with E-state index in [1.54, 1.807) is 0 Å². The summed E-state index contributed by atoms with van der Waals surface area (Å²) < 4.78 is 0. The van der Waals surface area contributed by atoms with Gasteiger partial charge in [-0.25, -0.2) is 0 Å². The Balaban J connectivity index is 1.75. The van der Waals surface area contributed by atoms with Crippen molar-refractivity contribution in [2.24, 2.45) is 0 Å². The highest BCUT2D eigenvalue weighted by molar-refractivity contribution is 7.12. The van der Waals surface area contributed by atoms with Crippen LogP contribution in [0.15, 0.2) is 103 Å². The van der Waals surface area contributed by atoms with Gasteiger partial charge in [-0.1, -0.05) is 66.7 Å². The van der Waals surface area contributed by atoms with Gasteiger partial charge in [0, 0.05) is 42.0 Å². The molecule has 182 valence electrons. The molecule has 1 aliphatic rings. The summed E-state index contributed by atoms with van der Waals surface area (Å²) in [6.45, 7) is 8.92. The van der Waals surface area contributed by atoms with Crippen molar-refractivity contribution in [3.05, 3.63) is 134 Å². The Bertz CT molecular complexity index is 1470. The van der Waals surface area contributed by atoms with E-state index in [1.165, 1.54) is 58.9 Å². The van der Waals surface area contributed by atoms with Crippen LogP contribution in [0.1, 0.15) is 30.6 Å². The van der Waals surface area contributed by atoms with Crippen LogP contribution in [0, 0.1) is 27.7 Å². The first-order valence-electron chi connectivity index (χ1n) is 12.7. The fraction of sp³-hybridized carbons (Fsp3) is 0.125. The molecule has 37 heavy (non-hydrogen) atoms. The predicted octanol–water partition coefficient (Wildman–Crippen LogP) is 8.29. The standard InChI is InChI=1S/C32H29BN2S2/c1-22-20-29(24(3)36-22)31-32(30-21-23(2)37-25(30)4)35(28-18-12-7-13-19-28)33(26-14-8-5-9-15-26)34(31)27-16-10-6-11-17-27/h5-21H,1-4H3. The summed E-state index contributed by atoms with van der Waals surface area (Å²) in [5.74, 6) is 0. The molecule has 2 nitrogen and oxygen atoms in total. The van der Waals surface area contributed by atoms with Gasteiger partial charge in [0.1, 0.15) is 0 Å². The lowest BCUT2D eigenvalue weighted by Gasteiger charge is -2.32. The van der Waals surface area contributed by atoms with E-state index in [1.807, 2.05) is 22.7 Å². The van der Waals surface area contributed by atoms with Crippen molar-refractivity contribution >= 4 is 57.9 Å². The molecule has 0 bridgehead atoms. The van der Waals surface area contributed by atoms with Crippen LogP contribution >= 0.6 is 22.7 Å². The van der Waals surface area contributed by atoms with E-state index >= 15 is 0 Å². The van der Waals surface area contributed by atoms with E-state index < -0.39 is 0 Å². The first kappa shape index (κ1) is 23.8. The van der Waals surface area contributed by atoms with Gasteiger partial charge >= 0.3 is 6.98 Å². The highest BCUT2D eigenvalue weighted by atomic mass is 32.1. The number of hydrogen-bond acceptors (Lipinski definition) is 4. The normalized spacial score (nSPS) is 13.7. The molecule has 0 unspecified atom stereocenters. The Labute approximate surface area is 228 Å². The SMILES string of the molecule is Cc1cc(C2=C(c3cc(C)sc3C)N(c3ccccc3)B(c3ccccc3)N2c2ccccc2)c(C)s1. The van der Waals surface area contributed by atoms with Crippen molar-refractivity contribution in [1.82, 2.24) is 0 Å². The van der Waals surface area contributed by atoms with E-state index in [-0.39, 0.29) is 6.98 Å². The molecule has 3 heterocycles. The van der Waals surface area contributed by atoms with Crippen molar-refractivity contribution in [3.8, 4) is 0 Å². The zero-order valence-electron chi connectivity index (χ0n) is 21.6. The van der Waals surface area contributed by atoms with E-state index in [9.17, 15) is 0 Å². The zero-order chi connectivity index (χ0) is 25.5. The van der Waals surface area contributed by atoms with E-state index in [0.717, 1.165) is 0 Å². The molecule has 0 amide bonds. The first-order valence-corrected chi connectivity index (χ1v) is 14.3. The molecule has 0 fully saturated rings. The maximum Gasteiger partial charge on any atom is 0.420 e. The molecule has 0 N–H and O–H groups in total. The fourth-order valence-corrected chi connectivity index (χ4v) is 7.33. The molecule has 3 aromatic carbocycles. The molecule has 0 atom stereocenters. The lowest BCUT2D eigenvalue weighted by Crippen LogP contribution is -2.54. The minimum atomic E-state index is -0.0322. The second-order valence-corrected chi connectivity index (χ2v) is 12.5. The topological polar surface area (TPSA) is 6.48 Å². The van der Waals surface area contributed by atoms with Gasteiger partial charge in [0.25, 0.3) is 0 Å². The van der Waals surface area contributed by atoms with Gasteiger partial charge in [-0.3, -0.25) is 0 Å². The third-order valence-corrected chi connectivity index (χ3v) is 8.89. The quantitative estimate of drug-likeness (QED) is 0.217. The molecule has 0 aliphatic carbocycles. The predicted molar refractivity (Wildman–Crippen MR) is 164 cm³/mol. The van der Waals surface area contributed by atoms with Gasteiger partial charge in [0.05, 0.1) is 11.4 Å². The summed E-state index contributed by atoms with van der Waals surface area (Å²) >= 11 is 3.75. The van der Waals surface area contributed by atoms with E-state index in [0.29, 0.717) is 0 Å². The Kier molecular flexibility index (Phi) is 6.27. The van der Waals surface area contributed by atoms with Gasteiger partial charge < -0.3 is 9.62 Å². The summed E-state index contributed by atoms with van der Waals surface area (Å²) in [5, 5.41) is 0. The highest BCUT2D eigenvalue weighted by Crippen LogP contribution is 2.48. The fourth-order valence-electron chi connectivity index (χ4n) is 5.48. The molecular weight excluding hydrogens is 487 g/mol. The van der Waals surface area contributed by atoms with Crippen LogP contribution < -0.4 is 15.1 Å². The molecule has 0 radical (unpaired) electrons. The Hall–Kier alpha value is -3.54. The van der Waals surface area contributed by atoms with Crippen molar-refractivity contribution in [3.63, 3.8) is 0 Å². The number of benzene rings is 3. The Morgan fingerprint density at radius 1 is 0.514 bits per heavy atom. The summed E-state index contributed by atoms with van der Waals surface area (Å²) in [5.41, 5.74) is 8.80. The number of aryl methyl sites for hydroxylation is 4. The second-order valence-electron chi connectivity index (χ2n) is 9.55. The molecule has 5 aromatic rings. The summed E-state index contributed by atoms with van der Waals surface area (Å²) in [7, 11) is 0. The van der Waals surface area contributed by atoms with Crippen molar-refractivity contribution in [2.75, 3.05) is 9.62 Å². The zero-order valence-corrected chi connectivity index (χ0v) is 23.2. The number of thiophene rings is 2. The van der Waals surface area contributed by atoms with Crippen molar-refractivity contribution < 1.29 is 0 Å². The first-order chi connectivity index (χ1) is 18.0. The van der Waals surface area contributed by atoms with E-state index in [4.69, 9.17) is 0 Å². The van der Waals surface area contributed by atoms with Crippen LogP contribution in [-0.4, -0.2) is 6.98 Å². The number of hydrogen-bond donors (Lipinski definition) is 0. The summed E-state index contributed by atoms with van der Waals surface area (Å²) in [4.78, 5) is 10.5. The average molecular weight is 517 g/mol. The Morgan fingerprint density at radius 3 is 1.24 bits per heavy atom. The molecule has 5 heteroatoms. The van der Waals surface area contributed by atoms with Crippen LogP contribution in [0.4, 0.5) is 11.4 Å². The molecule has 6 rings (SSSR count). The number of anilines is 2. The van der Waals surface area contributed by atoms with Gasteiger partial charge in [-0.15, -0.1) is 22.7 Å². The Morgan fingerprint density at radius 2 is 0.892 bits per heavy atom. The van der Waals surface area contributed by atoms with Crippen LogP contribution in [0.2, 0.25) is 0 Å². The smallest absolute Gasteiger partial charge is 0.359 e. The van der Waals surface area contributed by atoms with Crippen LogP contribution in [0.25, 0.3) is 11.4 Å².